The van der Waals surface area contributed by atoms with Crippen LogP contribution in [-0.2, 0) is 16.9 Å². The number of para-hydroxylation sites is 1. The summed E-state index contributed by atoms with van der Waals surface area (Å²) in [5, 5.41) is 15.2. The number of ether oxygens (including phenoxy) is 1. The van der Waals surface area contributed by atoms with Crippen LogP contribution in [0.15, 0.2) is 53.6 Å². The topological polar surface area (TPSA) is 62.1 Å². The third-order valence-electron chi connectivity index (χ3n) is 5.48. The van der Waals surface area contributed by atoms with E-state index < -0.39 is 36.5 Å². The number of unbranched alkanes of at least 4 members (excludes halogenated alkanes) is 2. The average molecular weight is 448 g/mol. The van der Waals surface area contributed by atoms with E-state index in [1.165, 1.54) is 0 Å². The van der Waals surface area contributed by atoms with Gasteiger partial charge in [0.1, 0.15) is 11.5 Å². The summed E-state index contributed by atoms with van der Waals surface area (Å²) < 4.78 is 45.6. The van der Waals surface area contributed by atoms with E-state index in [2.05, 4.69) is 12.0 Å². The number of amides is 1. The van der Waals surface area contributed by atoms with Crippen molar-refractivity contribution in [3.05, 3.63) is 65.2 Å². The number of hydrogen-bond donors (Lipinski definition) is 1. The summed E-state index contributed by atoms with van der Waals surface area (Å²) in [6.45, 7) is 3.33. The normalized spacial score (nSPS) is 18.6. The summed E-state index contributed by atoms with van der Waals surface area (Å²) in [6, 6.07) is 13.6. The SMILES string of the molecule is CCCCCc1ccc(C2(O)CC(C(F)(F)F)=NN2C(=O)COc2ccccc2C)cc1. The Labute approximate surface area is 185 Å². The molecule has 0 saturated carbocycles. The Bertz CT molecular complexity index is 973. The van der Waals surface area contributed by atoms with E-state index >= 15 is 0 Å². The molecule has 1 N–H and O–H groups in total. The van der Waals surface area contributed by atoms with Crippen LogP contribution in [-0.4, -0.2) is 34.5 Å². The molecule has 0 aromatic heterocycles. The van der Waals surface area contributed by atoms with Gasteiger partial charge in [-0.15, -0.1) is 0 Å². The van der Waals surface area contributed by atoms with Gasteiger partial charge in [-0.3, -0.25) is 4.79 Å². The highest BCUT2D eigenvalue weighted by Crippen LogP contribution is 2.39. The zero-order chi connectivity index (χ0) is 23.4. The molecule has 0 saturated heterocycles. The second kappa shape index (κ2) is 9.73. The van der Waals surface area contributed by atoms with E-state index in [0.717, 1.165) is 36.8 Å². The Balaban J connectivity index is 1.82. The van der Waals surface area contributed by atoms with E-state index in [1.807, 2.05) is 0 Å². The van der Waals surface area contributed by atoms with Crippen LogP contribution in [0.1, 0.15) is 49.3 Å². The number of aliphatic hydroxyl groups is 1. The lowest BCUT2D eigenvalue weighted by atomic mass is 9.95. The maximum absolute atomic E-state index is 13.4. The van der Waals surface area contributed by atoms with Crippen LogP contribution in [0.2, 0.25) is 0 Å². The largest absolute Gasteiger partial charge is 0.483 e. The van der Waals surface area contributed by atoms with Gasteiger partial charge in [-0.2, -0.15) is 23.3 Å². The van der Waals surface area contributed by atoms with Gasteiger partial charge in [0.05, 0.1) is 6.42 Å². The number of nitrogens with zero attached hydrogens (tertiary/aromatic N) is 2. The molecule has 5 nitrogen and oxygen atoms in total. The summed E-state index contributed by atoms with van der Waals surface area (Å²) in [5.41, 5.74) is -1.49. The Hall–Kier alpha value is -2.87. The van der Waals surface area contributed by atoms with Crippen molar-refractivity contribution in [2.75, 3.05) is 6.61 Å². The first kappa shape index (κ1) is 23.8. The number of rotatable bonds is 8. The molecule has 0 spiro atoms. The number of benzene rings is 2. The van der Waals surface area contributed by atoms with E-state index in [0.29, 0.717) is 10.8 Å². The lowest BCUT2D eigenvalue weighted by Gasteiger charge is -2.31. The average Bonchev–Trinajstić information content (AvgIpc) is 3.13. The van der Waals surface area contributed by atoms with Gasteiger partial charge >= 0.3 is 6.18 Å². The first-order chi connectivity index (χ1) is 15.1. The molecule has 1 aliphatic heterocycles. The third-order valence-corrected chi connectivity index (χ3v) is 5.48. The van der Waals surface area contributed by atoms with Gasteiger partial charge < -0.3 is 9.84 Å². The second-order valence-corrected chi connectivity index (χ2v) is 7.95. The second-order valence-electron chi connectivity index (χ2n) is 7.95. The van der Waals surface area contributed by atoms with Gasteiger partial charge in [0, 0.05) is 5.56 Å². The number of carbonyl (C=O) groups excluding carboxylic acids is 1. The molecule has 2 aromatic rings. The number of alkyl halides is 3. The summed E-state index contributed by atoms with van der Waals surface area (Å²) in [4.78, 5) is 12.8. The molecule has 172 valence electrons. The summed E-state index contributed by atoms with van der Waals surface area (Å²) >= 11 is 0. The molecule has 32 heavy (non-hydrogen) atoms. The first-order valence-electron chi connectivity index (χ1n) is 10.6. The van der Waals surface area contributed by atoms with Gasteiger partial charge in [-0.25, -0.2) is 0 Å². The van der Waals surface area contributed by atoms with Crippen LogP contribution in [0.5, 0.6) is 5.75 Å². The van der Waals surface area contributed by atoms with Crippen LogP contribution >= 0.6 is 0 Å². The van der Waals surface area contributed by atoms with Crippen LogP contribution in [0.4, 0.5) is 13.2 Å². The van der Waals surface area contributed by atoms with Gasteiger partial charge in [0.15, 0.2) is 12.3 Å². The summed E-state index contributed by atoms with van der Waals surface area (Å²) in [5.74, 6) is -0.443. The Morgan fingerprint density at radius 3 is 2.47 bits per heavy atom. The zero-order valence-electron chi connectivity index (χ0n) is 18.2. The fourth-order valence-electron chi connectivity index (χ4n) is 3.63. The highest BCUT2D eigenvalue weighted by atomic mass is 19.4. The molecule has 1 unspecified atom stereocenters. The molecule has 8 heteroatoms. The minimum Gasteiger partial charge on any atom is -0.483 e. The lowest BCUT2D eigenvalue weighted by Crippen LogP contribution is -2.45. The number of hydrazone groups is 1. The number of carbonyl (C=O) groups is 1. The predicted molar refractivity (Wildman–Crippen MR) is 115 cm³/mol. The number of hydrogen-bond acceptors (Lipinski definition) is 4. The molecule has 0 aliphatic carbocycles. The highest BCUT2D eigenvalue weighted by molar-refractivity contribution is 5.94. The molecule has 3 rings (SSSR count). The number of halogens is 3. The Morgan fingerprint density at radius 1 is 1.16 bits per heavy atom. The van der Waals surface area contributed by atoms with Crippen molar-refractivity contribution in [1.82, 2.24) is 5.01 Å². The van der Waals surface area contributed by atoms with Gasteiger partial charge in [-0.1, -0.05) is 62.2 Å². The van der Waals surface area contributed by atoms with Gasteiger partial charge in [0.25, 0.3) is 5.91 Å². The fourth-order valence-corrected chi connectivity index (χ4v) is 3.63. The van der Waals surface area contributed by atoms with Crippen LogP contribution < -0.4 is 4.74 Å². The molecule has 1 aliphatic rings. The van der Waals surface area contributed by atoms with Crippen molar-refractivity contribution < 1.29 is 27.8 Å². The first-order valence-corrected chi connectivity index (χ1v) is 10.6. The maximum atomic E-state index is 13.4. The smallest absolute Gasteiger partial charge is 0.431 e. The van der Waals surface area contributed by atoms with Crippen molar-refractivity contribution in [3.63, 3.8) is 0 Å². The van der Waals surface area contributed by atoms with E-state index in [9.17, 15) is 23.1 Å². The zero-order valence-corrected chi connectivity index (χ0v) is 18.2. The molecular weight excluding hydrogens is 421 g/mol. The molecule has 0 radical (unpaired) electrons. The Kier molecular flexibility index (Phi) is 7.23. The molecular formula is C24H27F3N2O3. The van der Waals surface area contributed by atoms with Gasteiger partial charge in [0.2, 0.25) is 0 Å². The quantitative estimate of drug-likeness (QED) is 0.572. The molecule has 1 atom stereocenters. The van der Waals surface area contributed by atoms with Crippen molar-refractivity contribution in [2.45, 2.75) is 57.9 Å². The van der Waals surface area contributed by atoms with E-state index in [1.54, 1.807) is 55.5 Å². The lowest BCUT2D eigenvalue weighted by molar-refractivity contribution is -0.160. The van der Waals surface area contributed by atoms with E-state index in [-0.39, 0.29) is 5.56 Å². The standard InChI is InChI=1S/C24H27F3N2O3/c1-3-4-5-9-18-11-13-19(14-12-18)23(31)15-21(24(25,26)27)28-29(23)22(30)16-32-20-10-7-6-8-17(20)2/h6-8,10-14,31H,3-5,9,15-16H2,1-2H3. The molecule has 0 fully saturated rings. The summed E-state index contributed by atoms with van der Waals surface area (Å²) in [6.07, 6.45) is -1.61. The minimum absolute atomic E-state index is 0.170. The van der Waals surface area contributed by atoms with Crippen molar-refractivity contribution in [3.8, 4) is 5.75 Å². The van der Waals surface area contributed by atoms with Crippen molar-refractivity contribution in [2.24, 2.45) is 5.10 Å². The van der Waals surface area contributed by atoms with E-state index in [4.69, 9.17) is 4.74 Å². The minimum atomic E-state index is -4.76. The number of aryl methyl sites for hydroxylation is 2. The molecule has 0 bridgehead atoms. The summed E-state index contributed by atoms with van der Waals surface area (Å²) in [7, 11) is 0. The fraction of sp³-hybridized carbons (Fsp3) is 0.417. The van der Waals surface area contributed by atoms with Gasteiger partial charge in [-0.05, 0) is 37.0 Å². The van der Waals surface area contributed by atoms with Crippen LogP contribution in [0.25, 0.3) is 0 Å². The highest BCUT2D eigenvalue weighted by Gasteiger charge is 2.53. The molecule has 1 heterocycles. The van der Waals surface area contributed by atoms with Crippen LogP contribution in [0, 0.1) is 6.92 Å². The maximum Gasteiger partial charge on any atom is 0.431 e. The predicted octanol–water partition coefficient (Wildman–Crippen LogP) is 5.10. The molecule has 2 aromatic carbocycles. The monoisotopic (exact) mass is 448 g/mol. The van der Waals surface area contributed by atoms with Crippen molar-refractivity contribution >= 4 is 11.6 Å². The van der Waals surface area contributed by atoms with Crippen LogP contribution in [0.3, 0.4) is 0 Å². The third kappa shape index (κ3) is 5.30. The Morgan fingerprint density at radius 2 is 1.84 bits per heavy atom. The molecule has 1 amide bonds. The van der Waals surface area contributed by atoms with Crippen molar-refractivity contribution in [1.29, 1.82) is 0 Å².